The lowest BCUT2D eigenvalue weighted by Gasteiger charge is -2.36. The zero-order chi connectivity index (χ0) is 21.8. The molecule has 0 heterocycles. The predicted molar refractivity (Wildman–Crippen MR) is 109 cm³/mol. The molecule has 0 aromatic rings. The average Bonchev–Trinajstić information content (AvgIpc) is 2.47. The lowest BCUT2D eigenvalue weighted by atomic mass is 10.1. The van der Waals surface area contributed by atoms with Crippen LogP contribution in [0, 0.1) is 0 Å². The van der Waals surface area contributed by atoms with E-state index in [4.69, 9.17) is 13.9 Å². The Morgan fingerprint density at radius 1 is 0.852 bits per heavy atom. The minimum atomic E-state index is -2.33. The van der Waals surface area contributed by atoms with E-state index in [9.17, 15) is 19.8 Å². The maximum absolute atomic E-state index is 12.1. The van der Waals surface area contributed by atoms with Gasteiger partial charge >= 0.3 is 5.97 Å². The number of aliphatic hydroxyl groups is 2. The van der Waals surface area contributed by atoms with Gasteiger partial charge < -0.3 is 19.5 Å². The molecule has 0 saturated carbocycles. The van der Waals surface area contributed by atoms with Gasteiger partial charge in [0.15, 0.2) is 20.2 Å². The molecule has 0 amide bonds. The summed E-state index contributed by atoms with van der Waals surface area (Å²) in [5.41, 5.74) is 0. The van der Waals surface area contributed by atoms with Crippen molar-refractivity contribution in [2.45, 2.75) is 96.4 Å². The maximum Gasteiger partial charge on any atom is 0.369 e. The second-order valence-electron chi connectivity index (χ2n) is 10.0. The Balaban J connectivity index is 4.58. The van der Waals surface area contributed by atoms with Crippen LogP contribution in [0.2, 0.25) is 36.3 Å². The van der Waals surface area contributed by atoms with Gasteiger partial charge in [-0.15, -0.1) is 0 Å². The Labute approximate surface area is 165 Å². The number of carbonyl (C=O) groups excluding carboxylic acids is 2. The fraction of sp³-hybridized carbons (Fsp3) is 0.889. The predicted octanol–water partition coefficient (Wildman–Crippen LogP) is 3.17. The van der Waals surface area contributed by atoms with Crippen LogP contribution < -0.4 is 0 Å². The normalized spacial score (nSPS) is 16.0. The molecule has 0 aromatic heterocycles. The van der Waals surface area contributed by atoms with Gasteiger partial charge in [0.1, 0.15) is 6.10 Å². The highest BCUT2D eigenvalue weighted by atomic mass is 28.4. The third-order valence-corrected chi connectivity index (χ3v) is 14.2. The van der Waals surface area contributed by atoms with E-state index >= 15 is 0 Å². The van der Waals surface area contributed by atoms with Crippen molar-refractivity contribution < 1.29 is 33.7 Å². The van der Waals surface area contributed by atoms with Crippen LogP contribution >= 0.6 is 0 Å². The summed E-state index contributed by atoms with van der Waals surface area (Å²) in [6.45, 7) is 19.7. The number of Topliss-reactive ketones (excluding diaryl/α,β-unsaturated/α-hetero) is 1. The number of aliphatic hydroxyl groups excluding tert-OH is 2. The van der Waals surface area contributed by atoms with Crippen LogP contribution in [0.3, 0.4) is 0 Å². The molecule has 0 aliphatic rings. The third kappa shape index (κ3) is 8.12. The van der Waals surface area contributed by atoms with Gasteiger partial charge in [0, 0.05) is 6.42 Å². The molecule has 9 heteroatoms. The van der Waals surface area contributed by atoms with E-state index in [0.717, 1.165) is 0 Å². The molecule has 2 unspecified atom stereocenters. The van der Waals surface area contributed by atoms with Gasteiger partial charge in [0.25, 0.3) is 8.32 Å². The largest absolute Gasteiger partial charge is 0.414 e. The van der Waals surface area contributed by atoms with E-state index in [0.29, 0.717) is 0 Å². The maximum atomic E-state index is 12.1. The summed E-state index contributed by atoms with van der Waals surface area (Å²) in [6, 6.07) is 0. The minimum absolute atomic E-state index is 0.0554. The highest BCUT2D eigenvalue weighted by molar-refractivity contribution is 6.74. The van der Waals surface area contributed by atoms with E-state index in [2.05, 4.69) is 20.8 Å². The first-order chi connectivity index (χ1) is 11.8. The molecule has 7 nitrogen and oxygen atoms in total. The van der Waals surface area contributed by atoms with E-state index in [1.165, 1.54) is 0 Å². The van der Waals surface area contributed by atoms with Gasteiger partial charge in [-0.2, -0.15) is 0 Å². The van der Waals surface area contributed by atoms with Crippen molar-refractivity contribution in [2.75, 3.05) is 6.61 Å². The van der Waals surface area contributed by atoms with Crippen LogP contribution in [0.1, 0.15) is 48.0 Å². The zero-order valence-electron chi connectivity index (χ0n) is 18.5. The summed E-state index contributed by atoms with van der Waals surface area (Å²) in [7, 11) is -4.44. The van der Waals surface area contributed by atoms with Gasteiger partial charge in [-0.1, -0.05) is 41.5 Å². The molecule has 0 aliphatic carbocycles. The van der Waals surface area contributed by atoms with Gasteiger partial charge in [0.05, 0.1) is 6.61 Å². The van der Waals surface area contributed by atoms with Crippen LogP contribution in [0.5, 0.6) is 0 Å². The molecule has 2 atom stereocenters. The van der Waals surface area contributed by atoms with Crippen LogP contribution in [-0.4, -0.2) is 57.4 Å². The highest BCUT2D eigenvalue weighted by Crippen LogP contribution is 2.37. The fourth-order valence-electron chi connectivity index (χ4n) is 1.33. The van der Waals surface area contributed by atoms with Gasteiger partial charge in [-0.05, 0) is 36.3 Å². The third-order valence-electron chi connectivity index (χ3n) is 5.58. The second-order valence-corrected chi connectivity index (χ2v) is 19.5. The van der Waals surface area contributed by atoms with Crippen LogP contribution in [0.25, 0.3) is 0 Å². The number of carbonyl (C=O) groups is 2. The van der Waals surface area contributed by atoms with Crippen LogP contribution in [0.4, 0.5) is 0 Å². The molecule has 0 fully saturated rings. The Hall–Kier alpha value is -0.586. The number of rotatable bonds is 9. The lowest BCUT2D eigenvalue weighted by molar-refractivity contribution is -0.230. The molecule has 160 valence electrons. The molecule has 0 rings (SSSR count). The molecular weight excluding hydrogens is 384 g/mol. The monoisotopic (exact) mass is 422 g/mol. The molecule has 2 N–H and O–H groups in total. The fourth-order valence-corrected chi connectivity index (χ4v) is 2.88. The average molecular weight is 423 g/mol. The minimum Gasteiger partial charge on any atom is -0.414 e. The number of hydrogen-bond donors (Lipinski definition) is 2. The van der Waals surface area contributed by atoms with Crippen molar-refractivity contribution in [1.82, 2.24) is 0 Å². The summed E-state index contributed by atoms with van der Waals surface area (Å²) < 4.78 is 11.1. The molecule has 0 aliphatic heterocycles. The van der Waals surface area contributed by atoms with Crippen molar-refractivity contribution in [3.8, 4) is 0 Å². The summed E-state index contributed by atoms with van der Waals surface area (Å²) in [5.74, 6) is -1.71. The highest BCUT2D eigenvalue weighted by Gasteiger charge is 2.41. The van der Waals surface area contributed by atoms with E-state index in [1.54, 1.807) is 0 Å². The number of ketones is 1. The van der Waals surface area contributed by atoms with Crippen molar-refractivity contribution >= 4 is 28.4 Å². The van der Waals surface area contributed by atoms with E-state index < -0.39 is 47.0 Å². The quantitative estimate of drug-likeness (QED) is 0.334. The first kappa shape index (κ1) is 26.4. The van der Waals surface area contributed by atoms with Crippen molar-refractivity contribution in [3.63, 3.8) is 0 Å². The Morgan fingerprint density at radius 2 is 1.30 bits per heavy atom. The van der Waals surface area contributed by atoms with E-state index in [1.807, 2.05) is 47.0 Å². The van der Waals surface area contributed by atoms with Crippen molar-refractivity contribution in [2.24, 2.45) is 0 Å². The van der Waals surface area contributed by atoms with E-state index in [-0.39, 0.29) is 16.7 Å². The second kappa shape index (κ2) is 9.27. The van der Waals surface area contributed by atoms with Gasteiger partial charge in [-0.25, -0.2) is 9.37 Å². The first-order valence-electron chi connectivity index (χ1n) is 9.24. The smallest absolute Gasteiger partial charge is 0.369 e. The lowest BCUT2D eigenvalue weighted by Crippen LogP contribution is -2.44. The Kier molecular flexibility index (Phi) is 9.07. The standard InChI is InChI=1S/C18H38O7Si2/c1-17(2,3)26(7,8)23-12-15(21)13(19)11-14(20)16(22)24-25-27(9,10)18(4,5)6/h14-15,20-21H,11-12H2,1-10H3. The summed E-state index contributed by atoms with van der Waals surface area (Å²) in [5, 5.41) is 19.7. The Morgan fingerprint density at radius 3 is 1.70 bits per heavy atom. The zero-order valence-corrected chi connectivity index (χ0v) is 20.5. The van der Waals surface area contributed by atoms with Crippen LogP contribution in [0.15, 0.2) is 0 Å². The van der Waals surface area contributed by atoms with Gasteiger partial charge in [0.2, 0.25) is 0 Å². The molecule has 0 radical (unpaired) electrons. The molecular formula is C18H38O7Si2. The SMILES string of the molecule is CC(C)(C)[Si](C)(C)OCC(O)C(=O)CC(O)C(=O)OO[Si](C)(C)C(C)(C)C. The number of hydrogen-bond acceptors (Lipinski definition) is 7. The first-order valence-corrected chi connectivity index (χ1v) is 15.1. The topological polar surface area (TPSA) is 102 Å². The molecule has 0 bridgehead atoms. The summed E-state index contributed by atoms with van der Waals surface area (Å²) in [4.78, 5) is 28.7. The van der Waals surface area contributed by atoms with Crippen LogP contribution in [-0.2, 0) is 23.5 Å². The summed E-state index contributed by atoms with van der Waals surface area (Å²) >= 11 is 0. The Bertz CT molecular complexity index is 519. The van der Waals surface area contributed by atoms with Crippen molar-refractivity contribution in [3.05, 3.63) is 0 Å². The van der Waals surface area contributed by atoms with Gasteiger partial charge in [-0.3, -0.25) is 4.79 Å². The molecule has 0 aromatic carbocycles. The summed E-state index contributed by atoms with van der Waals surface area (Å²) in [6.07, 6.45) is -3.64. The molecule has 27 heavy (non-hydrogen) atoms. The van der Waals surface area contributed by atoms with Crippen molar-refractivity contribution in [1.29, 1.82) is 0 Å². The molecule has 0 spiro atoms. The molecule has 0 saturated heterocycles.